The minimum absolute atomic E-state index is 0.300. The van der Waals surface area contributed by atoms with E-state index in [1.54, 1.807) is 6.92 Å². The standard InChI is InChI=1S/C13H18BrNO2/c1-13(16,8-15-11-4-5-11)9-17-12-6-2-10(14)3-7-12/h2-3,6-7,11,15-16H,4-5,8-9H2,1H3. The van der Waals surface area contributed by atoms with Crippen LogP contribution < -0.4 is 10.1 Å². The number of benzene rings is 1. The summed E-state index contributed by atoms with van der Waals surface area (Å²) in [7, 11) is 0. The van der Waals surface area contributed by atoms with Crippen molar-refractivity contribution in [2.45, 2.75) is 31.4 Å². The molecule has 0 heterocycles. The van der Waals surface area contributed by atoms with Crippen LogP contribution in [0, 0.1) is 0 Å². The monoisotopic (exact) mass is 299 g/mol. The summed E-state index contributed by atoms with van der Waals surface area (Å²) in [6.07, 6.45) is 2.45. The number of hydrogen-bond donors (Lipinski definition) is 2. The Balaban J connectivity index is 1.76. The number of aliphatic hydroxyl groups is 1. The molecule has 0 bridgehead atoms. The van der Waals surface area contributed by atoms with Crippen molar-refractivity contribution in [3.05, 3.63) is 28.7 Å². The minimum atomic E-state index is -0.824. The molecule has 94 valence electrons. The van der Waals surface area contributed by atoms with Crippen LogP contribution in [0.5, 0.6) is 5.75 Å². The third-order valence-electron chi connectivity index (χ3n) is 2.71. The third-order valence-corrected chi connectivity index (χ3v) is 3.24. The number of ether oxygens (including phenoxy) is 1. The van der Waals surface area contributed by atoms with E-state index in [1.165, 1.54) is 12.8 Å². The van der Waals surface area contributed by atoms with E-state index < -0.39 is 5.60 Å². The molecule has 17 heavy (non-hydrogen) atoms. The molecule has 1 aromatic carbocycles. The van der Waals surface area contributed by atoms with Crippen molar-refractivity contribution >= 4 is 15.9 Å². The first-order chi connectivity index (χ1) is 8.05. The first-order valence-corrected chi connectivity index (χ1v) is 6.69. The zero-order chi connectivity index (χ0) is 12.3. The van der Waals surface area contributed by atoms with Gasteiger partial charge in [0.1, 0.15) is 18.0 Å². The van der Waals surface area contributed by atoms with E-state index in [0.717, 1.165) is 10.2 Å². The molecule has 2 N–H and O–H groups in total. The summed E-state index contributed by atoms with van der Waals surface area (Å²) in [4.78, 5) is 0. The number of nitrogens with one attached hydrogen (secondary N) is 1. The van der Waals surface area contributed by atoms with Crippen LogP contribution in [0.25, 0.3) is 0 Å². The van der Waals surface area contributed by atoms with Crippen LogP contribution in [0.2, 0.25) is 0 Å². The van der Waals surface area contributed by atoms with Crippen molar-refractivity contribution in [1.82, 2.24) is 5.32 Å². The van der Waals surface area contributed by atoms with E-state index in [0.29, 0.717) is 19.2 Å². The number of halogens is 1. The van der Waals surface area contributed by atoms with Gasteiger partial charge in [0.15, 0.2) is 0 Å². The molecule has 1 aromatic rings. The molecule has 1 aliphatic rings. The Morgan fingerprint density at radius 1 is 1.41 bits per heavy atom. The van der Waals surface area contributed by atoms with Crippen molar-refractivity contribution in [3.8, 4) is 5.75 Å². The molecular weight excluding hydrogens is 282 g/mol. The van der Waals surface area contributed by atoms with Crippen molar-refractivity contribution in [2.24, 2.45) is 0 Å². The highest BCUT2D eigenvalue weighted by Crippen LogP contribution is 2.20. The van der Waals surface area contributed by atoms with E-state index in [2.05, 4.69) is 21.2 Å². The van der Waals surface area contributed by atoms with Crippen LogP contribution >= 0.6 is 15.9 Å². The molecule has 3 nitrogen and oxygen atoms in total. The quantitative estimate of drug-likeness (QED) is 0.847. The Bertz CT molecular complexity index is 360. The lowest BCUT2D eigenvalue weighted by Gasteiger charge is -2.24. The first-order valence-electron chi connectivity index (χ1n) is 5.89. The summed E-state index contributed by atoms with van der Waals surface area (Å²) < 4.78 is 6.59. The molecule has 1 atom stereocenters. The Morgan fingerprint density at radius 3 is 2.65 bits per heavy atom. The molecule has 4 heteroatoms. The van der Waals surface area contributed by atoms with Crippen molar-refractivity contribution < 1.29 is 9.84 Å². The van der Waals surface area contributed by atoms with E-state index >= 15 is 0 Å². The second-order valence-corrected chi connectivity index (χ2v) is 5.81. The SMILES string of the molecule is CC(O)(CNC1CC1)COc1ccc(Br)cc1. The lowest BCUT2D eigenvalue weighted by Crippen LogP contribution is -2.43. The average Bonchev–Trinajstić information content (AvgIpc) is 3.10. The maximum atomic E-state index is 10.1. The summed E-state index contributed by atoms with van der Waals surface area (Å²) in [5, 5.41) is 13.4. The predicted octanol–water partition coefficient (Wildman–Crippen LogP) is 2.33. The molecule has 1 fully saturated rings. The Labute approximate surface area is 110 Å². The van der Waals surface area contributed by atoms with Gasteiger partial charge in [-0.3, -0.25) is 0 Å². The second-order valence-electron chi connectivity index (χ2n) is 4.89. The van der Waals surface area contributed by atoms with Crippen molar-refractivity contribution in [2.75, 3.05) is 13.2 Å². The van der Waals surface area contributed by atoms with Crippen LogP contribution in [-0.2, 0) is 0 Å². The first kappa shape index (κ1) is 12.9. The average molecular weight is 300 g/mol. The highest BCUT2D eigenvalue weighted by atomic mass is 79.9. The molecular formula is C13H18BrNO2. The highest BCUT2D eigenvalue weighted by Gasteiger charge is 2.27. The largest absolute Gasteiger partial charge is 0.491 e. The lowest BCUT2D eigenvalue weighted by atomic mass is 10.1. The van der Waals surface area contributed by atoms with Crippen LogP contribution in [-0.4, -0.2) is 29.9 Å². The van der Waals surface area contributed by atoms with E-state index in [1.807, 2.05) is 24.3 Å². The fourth-order valence-electron chi connectivity index (χ4n) is 1.47. The summed E-state index contributed by atoms with van der Waals surface area (Å²) in [6.45, 7) is 2.67. The Hall–Kier alpha value is -0.580. The van der Waals surface area contributed by atoms with E-state index in [9.17, 15) is 5.11 Å². The van der Waals surface area contributed by atoms with Gasteiger partial charge >= 0.3 is 0 Å². The Morgan fingerprint density at radius 2 is 2.06 bits per heavy atom. The molecule has 1 saturated carbocycles. The molecule has 0 radical (unpaired) electrons. The highest BCUT2D eigenvalue weighted by molar-refractivity contribution is 9.10. The van der Waals surface area contributed by atoms with E-state index in [4.69, 9.17) is 4.74 Å². The van der Waals surface area contributed by atoms with Gasteiger partial charge in [0.2, 0.25) is 0 Å². The van der Waals surface area contributed by atoms with Gasteiger partial charge in [-0.2, -0.15) is 0 Å². The van der Waals surface area contributed by atoms with Crippen LogP contribution in [0.15, 0.2) is 28.7 Å². The molecule has 0 saturated heterocycles. The van der Waals surface area contributed by atoms with Crippen molar-refractivity contribution in [1.29, 1.82) is 0 Å². The fraction of sp³-hybridized carbons (Fsp3) is 0.538. The molecule has 1 aliphatic carbocycles. The second kappa shape index (κ2) is 5.38. The molecule has 0 amide bonds. The Kier molecular flexibility index (Phi) is 4.07. The predicted molar refractivity (Wildman–Crippen MR) is 71.3 cm³/mol. The van der Waals surface area contributed by atoms with Gasteiger partial charge in [-0.15, -0.1) is 0 Å². The maximum Gasteiger partial charge on any atom is 0.119 e. The summed E-state index contributed by atoms with van der Waals surface area (Å²) >= 11 is 3.37. The number of hydrogen-bond acceptors (Lipinski definition) is 3. The van der Waals surface area contributed by atoms with E-state index in [-0.39, 0.29) is 0 Å². The minimum Gasteiger partial charge on any atom is -0.491 e. The molecule has 0 aliphatic heterocycles. The lowest BCUT2D eigenvalue weighted by molar-refractivity contribution is 0.0120. The fourth-order valence-corrected chi connectivity index (χ4v) is 1.74. The summed E-state index contributed by atoms with van der Waals surface area (Å²) in [6, 6.07) is 8.22. The summed E-state index contributed by atoms with van der Waals surface area (Å²) in [5.74, 6) is 0.778. The molecule has 2 rings (SSSR count). The zero-order valence-electron chi connectivity index (χ0n) is 9.95. The smallest absolute Gasteiger partial charge is 0.119 e. The molecule has 0 aromatic heterocycles. The van der Waals surface area contributed by atoms with Gasteiger partial charge in [0.05, 0.1) is 0 Å². The van der Waals surface area contributed by atoms with Gasteiger partial charge in [-0.05, 0) is 44.0 Å². The normalized spacial score (nSPS) is 18.8. The molecule has 0 spiro atoms. The zero-order valence-corrected chi connectivity index (χ0v) is 11.5. The van der Waals surface area contributed by atoms with Gasteiger partial charge in [-0.1, -0.05) is 15.9 Å². The van der Waals surface area contributed by atoms with Gasteiger partial charge < -0.3 is 15.2 Å². The van der Waals surface area contributed by atoms with Crippen LogP contribution in [0.4, 0.5) is 0 Å². The van der Waals surface area contributed by atoms with Gasteiger partial charge in [0, 0.05) is 17.1 Å². The van der Waals surface area contributed by atoms with Gasteiger partial charge in [0.25, 0.3) is 0 Å². The van der Waals surface area contributed by atoms with Crippen molar-refractivity contribution in [3.63, 3.8) is 0 Å². The van der Waals surface area contributed by atoms with Crippen LogP contribution in [0.3, 0.4) is 0 Å². The third kappa shape index (κ3) is 4.66. The van der Waals surface area contributed by atoms with Gasteiger partial charge in [-0.25, -0.2) is 0 Å². The topological polar surface area (TPSA) is 41.5 Å². The molecule has 1 unspecified atom stereocenters. The van der Waals surface area contributed by atoms with Crippen LogP contribution in [0.1, 0.15) is 19.8 Å². The number of rotatable bonds is 6. The maximum absolute atomic E-state index is 10.1. The summed E-state index contributed by atoms with van der Waals surface area (Å²) in [5.41, 5.74) is -0.824.